The number of carbonyl (C=O) groups is 1. The lowest BCUT2D eigenvalue weighted by atomic mass is 10.1. The first-order valence-corrected chi connectivity index (χ1v) is 7.88. The Kier molecular flexibility index (Phi) is 5.29. The Hall–Kier alpha value is -1.41. The number of rotatable bonds is 7. The van der Waals surface area contributed by atoms with E-state index in [-0.39, 0.29) is 10.9 Å². The lowest BCUT2D eigenvalue weighted by molar-refractivity contribution is -0.140. The maximum atomic E-state index is 12.1. The fourth-order valence-corrected chi connectivity index (χ4v) is 2.99. The summed E-state index contributed by atoms with van der Waals surface area (Å²) in [5.74, 6) is -1.21. The number of hydrogen-bond acceptors (Lipinski definition) is 4. The minimum Gasteiger partial charge on any atom is -0.480 e. The van der Waals surface area contributed by atoms with Crippen LogP contribution in [0.3, 0.4) is 0 Å². The fraction of sp³-hybridized carbons (Fsp3) is 0.667. The van der Waals surface area contributed by atoms with Gasteiger partial charge >= 0.3 is 5.97 Å². The van der Waals surface area contributed by atoms with Crippen LogP contribution in [0.1, 0.15) is 27.7 Å². The van der Waals surface area contributed by atoms with Crippen molar-refractivity contribution < 1.29 is 18.3 Å². The van der Waals surface area contributed by atoms with Crippen LogP contribution in [0.4, 0.5) is 0 Å². The van der Waals surface area contributed by atoms with Gasteiger partial charge < -0.3 is 9.67 Å². The molecular formula is C12H21N3O4S. The highest BCUT2D eigenvalue weighted by molar-refractivity contribution is 7.89. The zero-order valence-electron chi connectivity index (χ0n) is 12.1. The monoisotopic (exact) mass is 303 g/mol. The number of sulfonamides is 1. The van der Waals surface area contributed by atoms with Gasteiger partial charge in [0, 0.05) is 12.7 Å². The second-order valence-electron chi connectivity index (χ2n) is 5.48. The van der Waals surface area contributed by atoms with Gasteiger partial charge in [-0.05, 0) is 11.8 Å². The van der Waals surface area contributed by atoms with E-state index in [4.69, 9.17) is 5.11 Å². The van der Waals surface area contributed by atoms with Gasteiger partial charge in [0.15, 0.2) is 5.03 Å². The smallest absolute Gasteiger partial charge is 0.322 e. The maximum absolute atomic E-state index is 12.1. The van der Waals surface area contributed by atoms with Crippen LogP contribution in [0.25, 0.3) is 0 Å². The molecule has 0 aliphatic rings. The van der Waals surface area contributed by atoms with Crippen LogP contribution >= 0.6 is 0 Å². The van der Waals surface area contributed by atoms with Crippen molar-refractivity contribution in [3.8, 4) is 0 Å². The topological polar surface area (TPSA) is 101 Å². The molecule has 8 heteroatoms. The molecule has 1 atom stereocenters. The Labute approximate surface area is 119 Å². The van der Waals surface area contributed by atoms with Crippen molar-refractivity contribution in [2.75, 3.05) is 0 Å². The van der Waals surface area contributed by atoms with Crippen LogP contribution < -0.4 is 4.72 Å². The van der Waals surface area contributed by atoms with Crippen LogP contribution in [0.15, 0.2) is 17.6 Å². The molecule has 0 saturated carbocycles. The summed E-state index contributed by atoms with van der Waals surface area (Å²) in [5.41, 5.74) is 0. The summed E-state index contributed by atoms with van der Waals surface area (Å²) < 4.78 is 28.0. The predicted octanol–water partition coefficient (Wildman–Crippen LogP) is 0.927. The number of nitrogens with one attached hydrogen (secondary N) is 1. The molecule has 0 unspecified atom stereocenters. The van der Waals surface area contributed by atoms with Crippen molar-refractivity contribution in [3.05, 3.63) is 12.5 Å². The molecule has 1 rings (SSSR count). The van der Waals surface area contributed by atoms with E-state index in [1.165, 1.54) is 12.5 Å². The minimum atomic E-state index is -3.93. The van der Waals surface area contributed by atoms with Crippen LogP contribution in [0.2, 0.25) is 0 Å². The molecule has 7 nitrogen and oxygen atoms in total. The molecule has 0 amide bonds. The van der Waals surface area contributed by atoms with Crippen LogP contribution in [-0.4, -0.2) is 35.1 Å². The van der Waals surface area contributed by atoms with E-state index in [9.17, 15) is 13.2 Å². The first kappa shape index (κ1) is 16.6. The zero-order chi connectivity index (χ0) is 15.5. The average Bonchev–Trinajstić information content (AvgIpc) is 2.73. The zero-order valence-corrected chi connectivity index (χ0v) is 12.9. The van der Waals surface area contributed by atoms with E-state index >= 15 is 0 Å². The van der Waals surface area contributed by atoms with Crippen molar-refractivity contribution in [2.24, 2.45) is 11.8 Å². The SMILES string of the molecule is CC(C)Cn1cnc(S(=O)(=O)N[C@@H](C(=O)O)C(C)C)c1. The molecule has 1 aromatic rings. The molecule has 0 aliphatic heterocycles. The van der Waals surface area contributed by atoms with Gasteiger partial charge in [0.1, 0.15) is 6.04 Å². The number of aromatic nitrogens is 2. The summed E-state index contributed by atoms with van der Waals surface area (Å²) in [7, 11) is -3.93. The van der Waals surface area contributed by atoms with Gasteiger partial charge in [-0.25, -0.2) is 13.4 Å². The molecule has 0 aromatic carbocycles. The Morgan fingerprint density at radius 3 is 2.45 bits per heavy atom. The quantitative estimate of drug-likeness (QED) is 0.780. The van der Waals surface area contributed by atoms with Crippen molar-refractivity contribution in [1.29, 1.82) is 0 Å². The Morgan fingerprint density at radius 1 is 1.40 bits per heavy atom. The summed E-state index contributed by atoms with van der Waals surface area (Å²) >= 11 is 0. The van der Waals surface area contributed by atoms with Gasteiger partial charge in [0.25, 0.3) is 10.0 Å². The first-order chi connectivity index (χ1) is 9.13. The summed E-state index contributed by atoms with van der Waals surface area (Å²) in [6.07, 6.45) is 2.83. The molecule has 20 heavy (non-hydrogen) atoms. The predicted molar refractivity (Wildman–Crippen MR) is 73.6 cm³/mol. The van der Waals surface area contributed by atoms with E-state index in [2.05, 4.69) is 9.71 Å². The Balaban J connectivity index is 2.93. The van der Waals surface area contributed by atoms with Crippen molar-refractivity contribution in [2.45, 2.75) is 45.3 Å². The highest BCUT2D eigenvalue weighted by Gasteiger charge is 2.29. The number of hydrogen-bond donors (Lipinski definition) is 2. The lowest BCUT2D eigenvalue weighted by Gasteiger charge is -2.16. The largest absolute Gasteiger partial charge is 0.480 e. The van der Waals surface area contributed by atoms with Gasteiger partial charge in [-0.3, -0.25) is 4.79 Å². The third kappa shape index (κ3) is 4.31. The average molecular weight is 303 g/mol. The molecule has 0 bridgehead atoms. The number of nitrogens with zero attached hydrogens (tertiary/aromatic N) is 2. The highest BCUT2D eigenvalue weighted by atomic mass is 32.2. The minimum absolute atomic E-state index is 0.162. The molecule has 1 aromatic heterocycles. The summed E-state index contributed by atoms with van der Waals surface area (Å²) in [5, 5.41) is 8.86. The molecule has 0 radical (unpaired) electrons. The van der Waals surface area contributed by atoms with E-state index in [0.717, 1.165) is 0 Å². The number of carboxylic acids is 1. The standard InChI is InChI=1S/C12H21N3O4S/c1-8(2)5-15-6-10(13-7-15)20(18,19)14-11(9(3)4)12(16)17/h6-9,11,14H,5H2,1-4H3,(H,16,17)/t11-/m1/s1. The number of imidazole rings is 1. The molecule has 0 fully saturated rings. The number of aliphatic carboxylic acids is 1. The van der Waals surface area contributed by atoms with Crippen molar-refractivity contribution in [1.82, 2.24) is 14.3 Å². The highest BCUT2D eigenvalue weighted by Crippen LogP contribution is 2.11. The van der Waals surface area contributed by atoms with Crippen LogP contribution in [0.5, 0.6) is 0 Å². The molecule has 0 aliphatic carbocycles. The third-order valence-corrected chi connectivity index (χ3v) is 4.00. The van der Waals surface area contributed by atoms with Crippen molar-refractivity contribution >= 4 is 16.0 Å². The molecule has 1 heterocycles. The maximum Gasteiger partial charge on any atom is 0.322 e. The van der Waals surface area contributed by atoms with Gasteiger partial charge in [0.05, 0.1) is 6.33 Å². The molecule has 0 saturated heterocycles. The first-order valence-electron chi connectivity index (χ1n) is 6.40. The molecular weight excluding hydrogens is 282 g/mol. The van der Waals surface area contributed by atoms with Gasteiger partial charge in [0.2, 0.25) is 0 Å². The van der Waals surface area contributed by atoms with Gasteiger partial charge in [-0.2, -0.15) is 4.72 Å². The Morgan fingerprint density at radius 2 is 2.00 bits per heavy atom. The van der Waals surface area contributed by atoms with Gasteiger partial charge in [-0.1, -0.05) is 27.7 Å². The molecule has 114 valence electrons. The molecule has 0 spiro atoms. The Bertz CT molecular complexity index is 563. The van der Waals surface area contributed by atoms with E-state index in [1.54, 1.807) is 18.4 Å². The number of carboxylic acid groups (broad SMARTS) is 1. The summed E-state index contributed by atoms with van der Waals surface area (Å²) in [6.45, 7) is 7.93. The fourth-order valence-electron chi connectivity index (χ4n) is 1.70. The van der Waals surface area contributed by atoms with E-state index in [0.29, 0.717) is 12.5 Å². The summed E-state index contributed by atoms with van der Waals surface area (Å²) in [4.78, 5) is 14.9. The second-order valence-corrected chi connectivity index (χ2v) is 7.14. The van der Waals surface area contributed by atoms with E-state index in [1.807, 2.05) is 13.8 Å². The lowest BCUT2D eigenvalue weighted by Crippen LogP contribution is -2.44. The normalized spacial score (nSPS) is 13.9. The second kappa shape index (κ2) is 6.36. The third-order valence-electron chi connectivity index (χ3n) is 2.68. The summed E-state index contributed by atoms with van der Waals surface area (Å²) in [6, 6.07) is -1.17. The van der Waals surface area contributed by atoms with Crippen LogP contribution in [0, 0.1) is 11.8 Å². The van der Waals surface area contributed by atoms with Crippen LogP contribution in [-0.2, 0) is 21.4 Å². The molecule has 2 N–H and O–H groups in total. The van der Waals surface area contributed by atoms with Crippen molar-refractivity contribution in [3.63, 3.8) is 0 Å². The van der Waals surface area contributed by atoms with Gasteiger partial charge in [-0.15, -0.1) is 0 Å². The van der Waals surface area contributed by atoms with E-state index < -0.39 is 22.0 Å².